The van der Waals surface area contributed by atoms with Crippen molar-refractivity contribution in [3.63, 3.8) is 0 Å². The normalized spacial score (nSPS) is 23.7. The average molecular weight is 419 g/mol. The first kappa shape index (κ1) is 21.3. The fourth-order valence-electron chi connectivity index (χ4n) is 5.34. The number of nitrogens with zero attached hydrogens (tertiary/aromatic N) is 3. The summed E-state index contributed by atoms with van der Waals surface area (Å²) in [4.78, 5) is 32.7. The lowest BCUT2D eigenvalue weighted by atomic mass is 9.86. The molecule has 1 aromatic rings. The van der Waals surface area contributed by atoms with E-state index in [-0.39, 0.29) is 11.9 Å². The summed E-state index contributed by atoms with van der Waals surface area (Å²) in [6.07, 6.45) is 7.87. The Morgan fingerprint density at radius 1 is 1.13 bits per heavy atom. The summed E-state index contributed by atoms with van der Waals surface area (Å²) in [5.41, 5.74) is 10.6. The van der Waals surface area contributed by atoms with Gasteiger partial charge in [-0.25, -0.2) is 4.85 Å². The van der Waals surface area contributed by atoms with E-state index in [0.29, 0.717) is 22.9 Å². The molecule has 6 heteroatoms. The summed E-state index contributed by atoms with van der Waals surface area (Å²) in [5, 5.41) is 0. The fraction of sp³-hybridized carbons (Fsp3) is 0.480. The van der Waals surface area contributed by atoms with Gasteiger partial charge in [0, 0.05) is 42.5 Å². The van der Waals surface area contributed by atoms with E-state index in [1.807, 2.05) is 11.0 Å². The molecule has 4 rings (SSSR count). The Balaban J connectivity index is 1.49. The van der Waals surface area contributed by atoms with Crippen LogP contribution in [0, 0.1) is 6.57 Å². The number of hydrogen-bond donors (Lipinski definition) is 1. The molecule has 2 fully saturated rings. The van der Waals surface area contributed by atoms with Gasteiger partial charge in [-0.1, -0.05) is 17.2 Å². The van der Waals surface area contributed by atoms with Gasteiger partial charge in [0.2, 0.25) is 5.91 Å². The molecule has 3 aliphatic rings. The highest BCUT2D eigenvalue weighted by molar-refractivity contribution is 6.35. The monoisotopic (exact) mass is 418 g/mol. The zero-order valence-electron chi connectivity index (χ0n) is 18.4. The third kappa shape index (κ3) is 4.15. The molecule has 2 aliphatic heterocycles. The molecule has 2 amide bonds. The summed E-state index contributed by atoms with van der Waals surface area (Å²) in [6, 6.07) is 5.98. The number of anilines is 1. The Labute approximate surface area is 184 Å². The highest BCUT2D eigenvalue weighted by atomic mass is 16.2. The number of carbonyl (C=O) groups excluding carboxylic acids is 2. The van der Waals surface area contributed by atoms with Crippen LogP contribution in [0.1, 0.15) is 57.9 Å². The number of benzene rings is 1. The second-order valence-corrected chi connectivity index (χ2v) is 9.05. The number of rotatable bonds is 3. The minimum absolute atomic E-state index is 0.0944. The van der Waals surface area contributed by atoms with E-state index in [9.17, 15) is 9.59 Å². The molecule has 0 radical (unpaired) electrons. The summed E-state index contributed by atoms with van der Waals surface area (Å²) < 4.78 is 0. The van der Waals surface area contributed by atoms with Crippen molar-refractivity contribution in [2.45, 2.75) is 64.5 Å². The average Bonchev–Trinajstić information content (AvgIpc) is 3.04. The van der Waals surface area contributed by atoms with Crippen molar-refractivity contribution in [1.29, 1.82) is 0 Å². The van der Waals surface area contributed by atoms with Crippen molar-refractivity contribution in [3.8, 4) is 0 Å². The molecule has 1 aromatic carbocycles. The lowest BCUT2D eigenvalue weighted by Crippen LogP contribution is -2.49. The largest absolute Gasteiger partial charge is 0.366 e. The van der Waals surface area contributed by atoms with Crippen LogP contribution in [0.5, 0.6) is 0 Å². The molecule has 2 heterocycles. The van der Waals surface area contributed by atoms with E-state index in [1.54, 1.807) is 17.7 Å². The van der Waals surface area contributed by atoms with E-state index in [1.165, 1.54) is 37.3 Å². The molecule has 0 aromatic heterocycles. The quantitative estimate of drug-likeness (QED) is 0.454. The maximum Gasteiger partial charge on any atom is 0.259 e. The maximum absolute atomic E-state index is 13.2. The molecule has 1 saturated carbocycles. The number of primary amides is 1. The Kier molecular flexibility index (Phi) is 5.97. The predicted molar refractivity (Wildman–Crippen MR) is 123 cm³/mol. The minimum atomic E-state index is -0.646. The van der Waals surface area contributed by atoms with Gasteiger partial charge in [0.05, 0.1) is 12.1 Å². The van der Waals surface area contributed by atoms with Crippen molar-refractivity contribution in [2.24, 2.45) is 5.73 Å². The molecule has 6 nitrogen and oxygen atoms in total. The van der Waals surface area contributed by atoms with Gasteiger partial charge < -0.3 is 15.5 Å². The van der Waals surface area contributed by atoms with E-state index >= 15 is 0 Å². The van der Waals surface area contributed by atoms with Crippen LogP contribution in [0.4, 0.5) is 11.4 Å². The van der Waals surface area contributed by atoms with Gasteiger partial charge in [-0.05, 0) is 64.5 Å². The third-order valence-corrected chi connectivity index (χ3v) is 7.04. The van der Waals surface area contributed by atoms with E-state index in [2.05, 4.69) is 23.6 Å². The Hall–Kier alpha value is -2.91. The summed E-state index contributed by atoms with van der Waals surface area (Å²) in [5.74, 6) is -0.826. The first-order valence-corrected chi connectivity index (χ1v) is 11.1. The summed E-state index contributed by atoms with van der Waals surface area (Å²) >= 11 is 0. The molecule has 0 bridgehead atoms. The predicted octanol–water partition coefficient (Wildman–Crippen LogP) is 4.20. The minimum Gasteiger partial charge on any atom is -0.366 e. The topological polar surface area (TPSA) is 71.0 Å². The molecule has 31 heavy (non-hydrogen) atoms. The summed E-state index contributed by atoms with van der Waals surface area (Å²) in [6.45, 7) is 13.7. The highest BCUT2D eigenvalue weighted by Crippen LogP contribution is 2.42. The molecular weight excluding hydrogens is 388 g/mol. The molecule has 1 saturated heterocycles. The highest BCUT2D eigenvalue weighted by Gasteiger charge is 2.39. The Morgan fingerprint density at radius 3 is 2.39 bits per heavy atom. The fourth-order valence-corrected chi connectivity index (χ4v) is 5.34. The SMILES string of the molecule is [C-]#[N+]c1ccc2c(c1)/C(=C/C(N)=O)C(=O)N2C1CCN(C2CCC(=C(C)C)CC2)CC1. The standard InChI is InChI=1S/C25H30N4O2/c1-16(2)17-4-7-19(8-5-17)28-12-10-20(11-13-28)29-23-9-6-18(27-3)14-21(23)22(25(29)31)15-24(26)30/h6,9,14-15,19-20H,4-5,7-8,10-13H2,1-2H3,(H2,26,30)/b22-15-. The number of likely N-dealkylation sites (tertiary alicyclic amines) is 1. The van der Waals surface area contributed by atoms with Crippen LogP contribution in [0.15, 0.2) is 35.4 Å². The van der Waals surface area contributed by atoms with E-state index < -0.39 is 5.91 Å². The molecule has 162 valence electrons. The van der Waals surface area contributed by atoms with E-state index in [0.717, 1.165) is 31.6 Å². The maximum atomic E-state index is 13.2. The zero-order chi connectivity index (χ0) is 22.1. The second kappa shape index (κ2) is 8.68. The smallest absolute Gasteiger partial charge is 0.259 e. The number of fused-ring (bicyclic) bond motifs is 1. The number of nitrogens with two attached hydrogens (primary N) is 1. The van der Waals surface area contributed by atoms with E-state index in [4.69, 9.17) is 12.3 Å². The number of amides is 2. The van der Waals surface area contributed by atoms with Crippen molar-refractivity contribution in [1.82, 2.24) is 4.90 Å². The number of allylic oxidation sites excluding steroid dienone is 2. The van der Waals surface area contributed by atoms with Gasteiger partial charge in [-0.3, -0.25) is 9.59 Å². The van der Waals surface area contributed by atoms with Gasteiger partial charge in [0.15, 0.2) is 5.69 Å². The molecule has 0 unspecified atom stereocenters. The van der Waals surface area contributed by atoms with Gasteiger partial charge in [0.25, 0.3) is 5.91 Å². The van der Waals surface area contributed by atoms with Gasteiger partial charge in [0.1, 0.15) is 0 Å². The van der Waals surface area contributed by atoms with Gasteiger partial charge >= 0.3 is 0 Å². The van der Waals surface area contributed by atoms with Crippen molar-refractivity contribution < 1.29 is 9.59 Å². The Morgan fingerprint density at radius 2 is 1.81 bits per heavy atom. The first-order valence-electron chi connectivity index (χ1n) is 11.1. The second-order valence-electron chi connectivity index (χ2n) is 9.05. The third-order valence-electron chi connectivity index (χ3n) is 7.04. The lowest BCUT2D eigenvalue weighted by Gasteiger charge is -2.42. The lowest BCUT2D eigenvalue weighted by molar-refractivity contribution is -0.115. The van der Waals surface area contributed by atoms with Crippen LogP contribution in [0.2, 0.25) is 0 Å². The number of hydrogen-bond acceptors (Lipinski definition) is 3. The summed E-state index contributed by atoms with van der Waals surface area (Å²) in [7, 11) is 0. The van der Waals surface area contributed by atoms with Gasteiger partial charge in [-0.2, -0.15) is 0 Å². The molecule has 2 N–H and O–H groups in total. The first-order chi connectivity index (χ1) is 14.9. The van der Waals surface area contributed by atoms with Crippen LogP contribution in [-0.4, -0.2) is 41.9 Å². The van der Waals surface area contributed by atoms with Crippen LogP contribution in [0.25, 0.3) is 10.4 Å². The van der Waals surface area contributed by atoms with Crippen molar-refractivity contribution in [2.75, 3.05) is 18.0 Å². The van der Waals surface area contributed by atoms with Crippen molar-refractivity contribution >= 4 is 28.8 Å². The van der Waals surface area contributed by atoms with Gasteiger partial charge in [-0.15, -0.1) is 0 Å². The molecule has 1 aliphatic carbocycles. The van der Waals surface area contributed by atoms with Crippen LogP contribution in [0.3, 0.4) is 0 Å². The molecular formula is C25H30N4O2. The molecule has 0 spiro atoms. The number of carbonyl (C=O) groups is 2. The van der Waals surface area contributed by atoms with Crippen LogP contribution < -0.4 is 10.6 Å². The number of piperidine rings is 1. The zero-order valence-corrected chi connectivity index (χ0v) is 18.4. The van der Waals surface area contributed by atoms with Crippen LogP contribution >= 0.6 is 0 Å². The molecule has 0 atom stereocenters. The van der Waals surface area contributed by atoms with Crippen molar-refractivity contribution in [3.05, 3.63) is 52.4 Å². The van der Waals surface area contributed by atoms with Crippen LogP contribution in [-0.2, 0) is 9.59 Å². The Bertz CT molecular complexity index is 995.